The fraction of sp³-hybridized carbons (Fsp3) is 0.500. The van der Waals surface area contributed by atoms with Crippen molar-refractivity contribution in [1.82, 2.24) is 4.90 Å². The summed E-state index contributed by atoms with van der Waals surface area (Å²) >= 11 is 0. The molecule has 4 nitrogen and oxygen atoms in total. The third-order valence-electron chi connectivity index (χ3n) is 4.87. The summed E-state index contributed by atoms with van der Waals surface area (Å²) in [6.07, 6.45) is 7.22. The fourth-order valence-electron chi connectivity index (χ4n) is 3.44. The number of phenols is 1. The largest absolute Gasteiger partial charge is 0.508 e. The molecule has 23 heavy (non-hydrogen) atoms. The van der Waals surface area contributed by atoms with Gasteiger partial charge in [-0.15, -0.1) is 12.4 Å². The molecule has 1 saturated heterocycles. The van der Waals surface area contributed by atoms with Gasteiger partial charge in [-0.1, -0.05) is 6.42 Å². The highest BCUT2D eigenvalue weighted by molar-refractivity contribution is 6.10. The number of likely N-dealkylation sites (tertiary alicyclic amines) is 1. The Morgan fingerprint density at radius 3 is 2.65 bits per heavy atom. The van der Waals surface area contributed by atoms with Gasteiger partial charge in [-0.25, -0.2) is 0 Å². The number of ketones is 1. The van der Waals surface area contributed by atoms with Crippen molar-refractivity contribution in [2.45, 2.75) is 38.6 Å². The van der Waals surface area contributed by atoms with Crippen molar-refractivity contribution < 1.29 is 14.3 Å². The number of furan rings is 1. The van der Waals surface area contributed by atoms with Crippen molar-refractivity contribution in [3.63, 3.8) is 0 Å². The first-order valence-corrected chi connectivity index (χ1v) is 8.22. The standard InChI is InChI=1S/C18H21NO3.ClH/c20-15-6-7-16-17(13(15)10-19-8-2-1-3-9-19)14(11-22-16)18(21)12-4-5-12;/h6-7,11-12,20H,1-5,8-10H2;1H. The van der Waals surface area contributed by atoms with Crippen LogP contribution in [0.2, 0.25) is 0 Å². The number of Topliss-reactive ketones (excluding diaryl/α,β-unsaturated/α-hetero) is 1. The van der Waals surface area contributed by atoms with Crippen LogP contribution in [-0.4, -0.2) is 28.9 Å². The second-order valence-corrected chi connectivity index (χ2v) is 6.56. The Morgan fingerprint density at radius 1 is 1.22 bits per heavy atom. The van der Waals surface area contributed by atoms with Crippen LogP contribution in [0.3, 0.4) is 0 Å². The third kappa shape index (κ3) is 3.10. The topological polar surface area (TPSA) is 53.7 Å². The van der Waals surface area contributed by atoms with Crippen molar-refractivity contribution >= 4 is 29.2 Å². The van der Waals surface area contributed by atoms with Gasteiger partial charge in [0.1, 0.15) is 17.6 Å². The lowest BCUT2D eigenvalue weighted by atomic mass is 9.99. The first kappa shape index (κ1) is 16.3. The summed E-state index contributed by atoms with van der Waals surface area (Å²) in [6, 6.07) is 3.44. The van der Waals surface area contributed by atoms with Crippen molar-refractivity contribution in [2.24, 2.45) is 5.92 Å². The van der Waals surface area contributed by atoms with Crippen LogP contribution in [0.15, 0.2) is 22.8 Å². The second kappa shape index (κ2) is 6.54. The maximum absolute atomic E-state index is 12.5. The predicted octanol–water partition coefficient (Wildman–Crippen LogP) is 4.14. The monoisotopic (exact) mass is 335 g/mol. The van der Waals surface area contributed by atoms with Gasteiger partial charge in [-0.05, 0) is 50.9 Å². The summed E-state index contributed by atoms with van der Waals surface area (Å²) in [5.41, 5.74) is 2.20. The van der Waals surface area contributed by atoms with Crippen LogP contribution < -0.4 is 0 Å². The predicted molar refractivity (Wildman–Crippen MR) is 91.3 cm³/mol. The molecular weight excluding hydrogens is 314 g/mol. The van der Waals surface area contributed by atoms with Crippen molar-refractivity contribution in [1.29, 1.82) is 0 Å². The molecule has 2 heterocycles. The Kier molecular flexibility index (Phi) is 4.64. The minimum atomic E-state index is 0. The van der Waals surface area contributed by atoms with Crippen LogP contribution in [0, 0.1) is 5.92 Å². The van der Waals surface area contributed by atoms with Gasteiger partial charge in [-0.3, -0.25) is 9.69 Å². The molecule has 1 aromatic carbocycles. The zero-order valence-corrected chi connectivity index (χ0v) is 13.9. The number of hydrogen-bond acceptors (Lipinski definition) is 4. The molecule has 2 aromatic rings. The molecule has 0 amide bonds. The van der Waals surface area contributed by atoms with Crippen molar-refractivity contribution in [2.75, 3.05) is 13.1 Å². The first-order chi connectivity index (χ1) is 10.7. The number of carbonyl (C=O) groups is 1. The molecule has 0 spiro atoms. The minimum absolute atomic E-state index is 0. The van der Waals surface area contributed by atoms with Crippen LogP contribution in [0.25, 0.3) is 11.0 Å². The molecule has 0 radical (unpaired) electrons. The average Bonchev–Trinajstić information content (AvgIpc) is 3.30. The molecule has 2 fully saturated rings. The maximum atomic E-state index is 12.5. The highest BCUT2D eigenvalue weighted by Crippen LogP contribution is 2.38. The lowest BCUT2D eigenvalue weighted by Crippen LogP contribution is -2.29. The quantitative estimate of drug-likeness (QED) is 0.853. The van der Waals surface area contributed by atoms with Gasteiger partial charge < -0.3 is 9.52 Å². The van der Waals surface area contributed by atoms with E-state index in [9.17, 15) is 9.90 Å². The molecule has 0 unspecified atom stereocenters. The number of aromatic hydroxyl groups is 1. The van der Waals surface area contributed by atoms with Gasteiger partial charge in [0.15, 0.2) is 5.78 Å². The van der Waals surface area contributed by atoms with Gasteiger partial charge in [0.05, 0.1) is 5.56 Å². The van der Waals surface area contributed by atoms with Gasteiger partial charge in [0, 0.05) is 23.4 Å². The van der Waals surface area contributed by atoms with Crippen LogP contribution in [-0.2, 0) is 6.54 Å². The molecule has 2 aliphatic rings. The summed E-state index contributed by atoms with van der Waals surface area (Å²) in [4.78, 5) is 14.8. The van der Waals surface area contributed by atoms with E-state index < -0.39 is 0 Å². The molecule has 0 bridgehead atoms. The Hall–Kier alpha value is -1.52. The Balaban J connectivity index is 0.00000156. The summed E-state index contributed by atoms with van der Waals surface area (Å²) in [5.74, 6) is 0.597. The number of rotatable bonds is 4. The molecule has 1 aliphatic carbocycles. The summed E-state index contributed by atoms with van der Waals surface area (Å²) in [7, 11) is 0. The summed E-state index contributed by atoms with van der Waals surface area (Å²) in [6.45, 7) is 2.80. The Bertz CT molecular complexity index is 714. The van der Waals surface area contributed by atoms with Crippen molar-refractivity contribution in [3.8, 4) is 5.75 Å². The number of fused-ring (bicyclic) bond motifs is 1. The molecule has 1 aromatic heterocycles. The van der Waals surface area contributed by atoms with E-state index in [4.69, 9.17) is 4.42 Å². The van der Waals surface area contributed by atoms with Crippen LogP contribution >= 0.6 is 12.4 Å². The van der Waals surface area contributed by atoms with E-state index in [-0.39, 0.29) is 29.9 Å². The zero-order valence-electron chi connectivity index (χ0n) is 13.1. The number of phenolic OH excluding ortho intramolecular Hbond substituents is 1. The highest BCUT2D eigenvalue weighted by atomic mass is 35.5. The molecule has 1 N–H and O–H groups in total. The first-order valence-electron chi connectivity index (χ1n) is 8.22. The number of benzene rings is 1. The van der Waals surface area contributed by atoms with Gasteiger partial charge in [0.25, 0.3) is 0 Å². The molecule has 124 valence electrons. The lowest BCUT2D eigenvalue weighted by molar-refractivity contribution is 0.0968. The number of piperidine rings is 1. The lowest BCUT2D eigenvalue weighted by Gasteiger charge is -2.27. The van der Waals surface area contributed by atoms with Crippen LogP contribution in [0.1, 0.15) is 48.0 Å². The Labute approximate surface area is 141 Å². The van der Waals surface area contributed by atoms with E-state index in [2.05, 4.69) is 4.90 Å². The van der Waals surface area contributed by atoms with Gasteiger partial charge in [0.2, 0.25) is 0 Å². The van der Waals surface area contributed by atoms with E-state index >= 15 is 0 Å². The number of carbonyl (C=O) groups excluding carboxylic acids is 1. The Morgan fingerprint density at radius 2 is 1.96 bits per heavy atom. The van der Waals surface area contributed by atoms with E-state index in [1.165, 1.54) is 19.3 Å². The molecule has 0 atom stereocenters. The second-order valence-electron chi connectivity index (χ2n) is 6.56. The molecule has 1 saturated carbocycles. The normalized spacial score (nSPS) is 18.8. The molecule has 1 aliphatic heterocycles. The van der Waals surface area contributed by atoms with E-state index in [0.717, 1.165) is 36.9 Å². The highest BCUT2D eigenvalue weighted by Gasteiger charge is 2.33. The molecular formula is C18H22ClNO3. The maximum Gasteiger partial charge on any atom is 0.169 e. The zero-order chi connectivity index (χ0) is 15.1. The van der Waals surface area contributed by atoms with Crippen LogP contribution in [0.5, 0.6) is 5.75 Å². The van der Waals surface area contributed by atoms with Gasteiger partial charge >= 0.3 is 0 Å². The fourth-order valence-corrected chi connectivity index (χ4v) is 3.44. The minimum Gasteiger partial charge on any atom is -0.508 e. The van der Waals surface area contributed by atoms with E-state index in [0.29, 0.717) is 17.7 Å². The van der Waals surface area contributed by atoms with E-state index in [1.807, 2.05) is 0 Å². The molecule has 4 rings (SSSR count). The number of halogens is 1. The summed E-state index contributed by atoms with van der Waals surface area (Å²) < 4.78 is 5.58. The number of nitrogens with zero attached hydrogens (tertiary/aromatic N) is 1. The average molecular weight is 336 g/mol. The smallest absolute Gasteiger partial charge is 0.169 e. The van der Waals surface area contributed by atoms with Crippen molar-refractivity contribution in [3.05, 3.63) is 29.5 Å². The van der Waals surface area contributed by atoms with Gasteiger partial charge in [-0.2, -0.15) is 0 Å². The summed E-state index contributed by atoms with van der Waals surface area (Å²) in [5, 5.41) is 11.2. The SMILES string of the molecule is Cl.O=C(c1coc2ccc(O)c(CN3CCCCC3)c12)C1CC1. The van der Waals surface area contributed by atoms with E-state index in [1.54, 1.807) is 18.4 Å². The third-order valence-corrected chi connectivity index (χ3v) is 4.87. The number of hydrogen-bond donors (Lipinski definition) is 1. The molecule has 5 heteroatoms. The van der Waals surface area contributed by atoms with Crippen LogP contribution in [0.4, 0.5) is 0 Å².